The number of aryl methyl sites for hydroxylation is 1. The highest BCUT2D eigenvalue weighted by atomic mass is 32.2. The normalized spacial score (nSPS) is 14.1. The highest BCUT2D eigenvalue weighted by molar-refractivity contribution is 7.89. The van der Waals surface area contributed by atoms with E-state index < -0.39 is 10.0 Å². The number of sulfonamides is 1. The Morgan fingerprint density at radius 2 is 1.77 bits per heavy atom. The maximum Gasteiger partial charge on any atom is 0.240 e. The van der Waals surface area contributed by atoms with Crippen LogP contribution in [0.1, 0.15) is 31.7 Å². The Labute approximate surface area is 186 Å². The Morgan fingerprint density at radius 1 is 1.00 bits per heavy atom. The van der Waals surface area contributed by atoms with Gasteiger partial charge in [0.05, 0.1) is 4.90 Å². The number of hydrogen-bond acceptors (Lipinski definition) is 4. The van der Waals surface area contributed by atoms with Crippen molar-refractivity contribution < 1.29 is 8.42 Å². The molecule has 1 N–H and O–H groups in total. The Hall–Kier alpha value is -2.28. The molecule has 0 spiro atoms. The Balaban J connectivity index is 1.68. The first-order valence-electron chi connectivity index (χ1n) is 10.9. The molecule has 3 aromatic rings. The molecule has 2 atom stereocenters. The Kier molecular flexibility index (Phi) is 8.18. The summed E-state index contributed by atoms with van der Waals surface area (Å²) in [5.41, 5.74) is 1.33. The van der Waals surface area contributed by atoms with Crippen molar-refractivity contribution >= 4 is 20.8 Å². The van der Waals surface area contributed by atoms with Crippen LogP contribution in [0.25, 0.3) is 10.8 Å². The third kappa shape index (κ3) is 6.86. The predicted octanol–water partition coefficient (Wildman–Crippen LogP) is 4.49. The molecule has 0 amide bonds. The van der Waals surface area contributed by atoms with E-state index in [0.717, 1.165) is 43.0 Å². The minimum atomic E-state index is -3.60. The molecule has 1 aromatic heterocycles. The van der Waals surface area contributed by atoms with Gasteiger partial charge in [-0.3, -0.25) is 4.98 Å². The van der Waals surface area contributed by atoms with Crippen molar-refractivity contribution in [2.24, 2.45) is 5.92 Å². The van der Waals surface area contributed by atoms with Crippen LogP contribution in [0.2, 0.25) is 0 Å². The van der Waals surface area contributed by atoms with Crippen LogP contribution >= 0.6 is 0 Å². The summed E-state index contributed by atoms with van der Waals surface area (Å²) >= 11 is 0. The fraction of sp³-hybridized carbons (Fsp3) is 0.400. The van der Waals surface area contributed by atoms with Crippen molar-refractivity contribution in [1.29, 1.82) is 0 Å². The van der Waals surface area contributed by atoms with Gasteiger partial charge >= 0.3 is 0 Å². The molecule has 1 heterocycles. The second-order valence-corrected chi connectivity index (χ2v) is 10.2. The van der Waals surface area contributed by atoms with Gasteiger partial charge in [-0.2, -0.15) is 0 Å². The summed E-state index contributed by atoms with van der Waals surface area (Å²) in [6.07, 6.45) is 7.41. The molecule has 0 saturated carbocycles. The van der Waals surface area contributed by atoms with Gasteiger partial charge in [0.1, 0.15) is 0 Å². The van der Waals surface area contributed by atoms with Crippen LogP contribution in [0, 0.1) is 5.92 Å². The maximum absolute atomic E-state index is 13.1. The number of aromatic nitrogens is 1. The molecule has 0 saturated heterocycles. The van der Waals surface area contributed by atoms with E-state index in [9.17, 15) is 8.42 Å². The third-order valence-electron chi connectivity index (χ3n) is 5.80. The molecule has 0 fully saturated rings. The van der Waals surface area contributed by atoms with Crippen LogP contribution in [0.3, 0.4) is 0 Å². The van der Waals surface area contributed by atoms with Gasteiger partial charge in [-0.25, -0.2) is 13.1 Å². The van der Waals surface area contributed by atoms with Gasteiger partial charge in [0, 0.05) is 23.8 Å². The topological polar surface area (TPSA) is 62.3 Å². The summed E-state index contributed by atoms with van der Waals surface area (Å²) in [7, 11) is 0.515. The van der Waals surface area contributed by atoms with Crippen LogP contribution in [0.4, 0.5) is 0 Å². The minimum Gasteiger partial charge on any atom is -0.309 e. The average molecular weight is 440 g/mol. The van der Waals surface area contributed by atoms with E-state index in [2.05, 4.69) is 53.0 Å². The van der Waals surface area contributed by atoms with Gasteiger partial charge in [-0.1, -0.05) is 36.4 Å². The highest BCUT2D eigenvalue weighted by Crippen LogP contribution is 2.22. The SMILES string of the molecule is C[C@@H](NS(=O)(=O)c1ccc2cnccc2c1)C(CCCc1ccccc1)CCN(C)C. The lowest BCUT2D eigenvalue weighted by Gasteiger charge is -2.26. The number of nitrogens with one attached hydrogen (secondary N) is 1. The van der Waals surface area contributed by atoms with E-state index in [1.165, 1.54) is 5.56 Å². The van der Waals surface area contributed by atoms with E-state index in [1.54, 1.807) is 24.5 Å². The van der Waals surface area contributed by atoms with Gasteiger partial charge in [0.2, 0.25) is 10.0 Å². The van der Waals surface area contributed by atoms with E-state index in [0.29, 0.717) is 4.90 Å². The van der Waals surface area contributed by atoms with Crippen LogP contribution in [0.15, 0.2) is 71.9 Å². The lowest BCUT2D eigenvalue weighted by molar-refractivity contribution is 0.299. The van der Waals surface area contributed by atoms with Gasteiger partial charge in [0.25, 0.3) is 0 Å². The van der Waals surface area contributed by atoms with Gasteiger partial charge < -0.3 is 4.90 Å². The maximum atomic E-state index is 13.1. The average Bonchev–Trinajstić information content (AvgIpc) is 2.76. The second-order valence-electron chi connectivity index (χ2n) is 8.52. The van der Waals surface area contributed by atoms with Crippen LogP contribution in [-0.4, -0.2) is 45.0 Å². The molecular weight excluding hydrogens is 406 g/mol. The van der Waals surface area contributed by atoms with E-state index >= 15 is 0 Å². The highest BCUT2D eigenvalue weighted by Gasteiger charge is 2.24. The second kappa shape index (κ2) is 10.8. The van der Waals surface area contributed by atoms with Gasteiger partial charge in [-0.05, 0) is 88.3 Å². The summed E-state index contributed by atoms with van der Waals surface area (Å²) in [4.78, 5) is 6.55. The summed E-state index contributed by atoms with van der Waals surface area (Å²) in [5, 5.41) is 1.80. The number of pyridine rings is 1. The zero-order valence-electron chi connectivity index (χ0n) is 18.7. The molecule has 0 aliphatic carbocycles. The third-order valence-corrected chi connectivity index (χ3v) is 7.36. The fourth-order valence-corrected chi connectivity index (χ4v) is 5.27. The van der Waals surface area contributed by atoms with Crippen molar-refractivity contribution in [2.45, 2.75) is 43.5 Å². The summed E-state index contributed by atoms with van der Waals surface area (Å²) in [6.45, 7) is 2.93. The fourth-order valence-electron chi connectivity index (χ4n) is 3.92. The first-order valence-corrected chi connectivity index (χ1v) is 12.4. The summed E-state index contributed by atoms with van der Waals surface area (Å²) in [6, 6.07) is 17.3. The van der Waals surface area contributed by atoms with Crippen molar-refractivity contribution in [2.75, 3.05) is 20.6 Å². The summed E-state index contributed by atoms with van der Waals surface area (Å²) < 4.78 is 29.1. The molecule has 166 valence electrons. The molecule has 0 aliphatic rings. The predicted molar refractivity (Wildman–Crippen MR) is 128 cm³/mol. The number of fused-ring (bicyclic) bond motifs is 1. The van der Waals surface area contributed by atoms with Crippen LogP contribution < -0.4 is 4.72 Å². The molecule has 0 aliphatic heterocycles. The Bertz CT molecular complexity index is 1070. The zero-order chi connectivity index (χ0) is 22.3. The van der Waals surface area contributed by atoms with Crippen molar-refractivity contribution in [1.82, 2.24) is 14.6 Å². The molecular formula is C25H33N3O2S. The minimum absolute atomic E-state index is 0.145. The number of nitrogens with zero attached hydrogens (tertiary/aromatic N) is 2. The first kappa shape index (κ1) is 23.4. The van der Waals surface area contributed by atoms with Crippen LogP contribution in [0.5, 0.6) is 0 Å². The molecule has 0 radical (unpaired) electrons. The quantitative estimate of drug-likeness (QED) is 0.478. The smallest absolute Gasteiger partial charge is 0.240 e. The molecule has 0 bridgehead atoms. The largest absolute Gasteiger partial charge is 0.309 e. The standard InChI is InChI=1S/C25H33N3O2S/c1-20(22(15-17-28(2)3)11-7-10-21-8-5-4-6-9-21)27-31(29,30)25-13-12-24-19-26-16-14-23(24)18-25/h4-6,8-9,12-14,16,18-20,22,27H,7,10-11,15,17H2,1-3H3/t20-,22?/m1/s1. The van der Waals surface area contributed by atoms with Gasteiger partial charge in [-0.15, -0.1) is 0 Å². The Morgan fingerprint density at radius 3 is 2.52 bits per heavy atom. The van der Waals surface area contributed by atoms with Crippen LogP contribution in [-0.2, 0) is 16.4 Å². The van der Waals surface area contributed by atoms with Gasteiger partial charge in [0.15, 0.2) is 0 Å². The molecule has 5 nitrogen and oxygen atoms in total. The van der Waals surface area contributed by atoms with E-state index in [1.807, 2.05) is 25.1 Å². The molecule has 2 aromatic carbocycles. The van der Waals surface area contributed by atoms with Crippen molar-refractivity contribution in [3.63, 3.8) is 0 Å². The monoisotopic (exact) mass is 439 g/mol. The van der Waals surface area contributed by atoms with E-state index in [4.69, 9.17) is 0 Å². The molecule has 3 rings (SSSR count). The molecule has 6 heteroatoms. The number of benzene rings is 2. The van der Waals surface area contributed by atoms with Crippen molar-refractivity contribution in [3.05, 3.63) is 72.6 Å². The number of rotatable bonds is 11. The first-order chi connectivity index (χ1) is 14.8. The zero-order valence-corrected chi connectivity index (χ0v) is 19.5. The number of hydrogen-bond donors (Lipinski definition) is 1. The molecule has 1 unspecified atom stereocenters. The summed E-state index contributed by atoms with van der Waals surface area (Å²) in [5.74, 6) is 0.269. The lowest BCUT2D eigenvalue weighted by atomic mass is 9.91. The van der Waals surface area contributed by atoms with E-state index in [-0.39, 0.29) is 12.0 Å². The lowest BCUT2D eigenvalue weighted by Crippen LogP contribution is -2.39. The molecule has 31 heavy (non-hydrogen) atoms. The van der Waals surface area contributed by atoms with Crippen molar-refractivity contribution in [3.8, 4) is 0 Å².